The number of benzene rings is 1. The van der Waals surface area contributed by atoms with Gasteiger partial charge in [0.25, 0.3) is 0 Å². The molecule has 14 heavy (non-hydrogen) atoms. The van der Waals surface area contributed by atoms with Gasteiger partial charge in [-0.1, -0.05) is 6.92 Å². The average molecular weight is 192 g/mol. The molecule has 0 saturated carbocycles. The van der Waals surface area contributed by atoms with Crippen LogP contribution in [0.1, 0.15) is 25.0 Å². The molecular weight excluding hydrogens is 172 g/mol. The fourth-order valence-corrected chi connectivity index (χ4v) is 1.86. The van der Waals surface area contributed by atoms with Gasteiger partial charge in [-0.15, -0.1) is 0 Å². The van der Waals surface area contributed by atoms with Gasteiger partial charge in [0.2, 0.25) is 0 Å². The van der Waals surface area contributed by atoms with Crippen molar-refractivity contribution in [2.75, 3.05) is 24.2 Å². The van der Waals surface area contributed by atoms with Gasteiger partial charge in [0, 0.05) is 25.0 Å². The second-order valence-electron chi connectivity index (χ2n) is 3.71. The minimum atomic E-state index is 0.868. The highest BCUT2D eigenvalue weighted by molar-refractivity contribution is 5.64. The molecule has 0 heterocycles. The Bertz CT molecular complexity index is 318. The highest BCUT2D eigenvalue weighted by atomic mass is 15.1. The Hall–Kier alpha value is -1.18. The van der Waals surface area contributed by atoms with Gasteiger partial charge in [-0.2, -0.15) is 0 Å². The molecule has 0 amide bonds. The van der Waals surface area contributed by atoms with Gasteiger partial charge in [-0.25, -0.2) is 0 Å². The molecule has 0 aromatic heterocycles. The normalized spacial score (nSPS) is 10.3. The number of hydrogen-bond donors (Lipinski definition) is 1. The summed E-state index contributed by atoms with van der Waals surface area (Å²) in [7, 11) is 2.12. The topological polar surface area (TPSA) is 29.3 Å². The summed E-state index contributed by atoms with van der Waals surface area (Å²) in [4.78, 5) is 2.27. The first-order chi connectivity index (χ1) is 6.60. The summed E-state index contributed by atoms with van der Waals surface area (Å²) in [5.74, 6) is 0. The van der Waals surface area contributed by atoms with E-state index in [0.29, 0.717) is 0 Å². The fraction of sp³-hybridized carbons (Fsp3) is 0.500. The van der Waals surface area contributed by atoms with Crippen molar-refractivity contribution >= 4 is 11.4 Å². The molecule has 0 spiro atoms. The van der Waals surface area contributed by atoms with Crippen molar-refractivity contribution in [1.82, 2.24) is 0 Å². The van der Waals surface area contributed by atoms with Crippen molar-refractivity contribution in [3.05, 3.63) is 23.3 Å². The van der Waals surface area contributed by atoms with E-state index in [1.807, 2.05) is 6.07 Å². The van der Waals surface area contributed by atoms with Gasteiger partial charge in [0.15, 0.2) is 0 Å². The first kappa shape index (κ1) is 10.9. The van der Waals surface area contributed by atoms with Crippen LogP contribution in [0.4, 0.5) is 11.4 Å². The summed E-state index contributed by atoms with van der Waals surface area (Å²) in [6, 6.07) is 4.12. The van der Waals surface area contributed by atoms with Crippen LogP contribution in [0.3, 0.4) is 0 Å². The molecule has 0 unspecified atom stereocenters. The van der Waals surface area contributed by atoms with E-state index in [2.05, 4.69) is 38.8 Å². The SMILES string of the molecule is CCc1cc(N)cc(C)c1N(C)CC. The van der Waals surface area contributed by atoms with Crippen molar-refractivity contribution in [2.45, 2.75) is 27.2 Å². The molecule has 2 N–H and O–H groups in total. The summed E-state index contributed by atoms with van der Waals surface area (Å²) in [5, 5.41) is 0. The van der Waals surface area contributed by atoms with Crippen molar-refractivity contribution < 1.29 is 0 Å². The zero-order valence-electron chi connectivity index (χ0n) is 9.59. The lowest BCUT2D eigenvalue weighted by Gasteiger charge is -2.23. The zero-order chi connectivity index (χ0) is 10.7. The van der Waals surface area contributed by atoms with Gasteiger partial charge in [-0.05, 0) is 43.5 Å². The maximum absolute atomic E-state index is 5.83. The van der Waals surface area contributed by atoms with E-state index in [1.54, 1.807) is 0 Å². The number of nitrogens with zero attached hydrogens (tertiary/aromatic N) is 1. The molecule has 1 aromatic rings. The summed E-state index contributed by atoms with van der Waals surface area (Å²) in [6.07, 6.45) is 1.03. The Morgan fingerprint density at radius 3 is 2.43 bits per heavy atom. The van der Waals surface area contributed by atoms with Crippen LogP contribution in [-0.4, -0.2) is 13.6 Å². The van der Waals surface area contributed by atoms with E-state index in [1.165, 1.54) is 16.8 Å². The van der Waals surface area contributed by atoms with Crippen LogP contribution in [0.5, 0.6) is 0 Å². The summed E-state index contributed by atoms with van der Waals surface area (Å²) >= 11 is 0. The van der Waals surface area contributed by atoms with Gasteiger partial charge in [0.1, 0.15) is 0 Å². The van der Waals surface area contributed by atoms with E-state index in [9.17, 15) is 0 Å². The van der Waals surface area contributed by atoms with E-state index >= 15 is 0 Å². The summed E-state index contributed by atoms with van der Waals surface area (Å²) < 4.78 is 0. The third kappa shape index (κ3) is 2.00. The zero-order valence-corrected chi connectivity index (χ0v) is 9.59. The molecule has 0 fully saturated rings. The third-order valence-corrected chi connectivity index (χ3v) is 2.64. The van der Waals surface area contributed by atoms with Crippen molar-refractivity contribution in [3.63, 3.8) is 0 Å². The van der Waals surface area contributed by atoms with Crippen molar-refractivity contribution in [2.24, 2.45) is 0 Å². The Balaban J connectivity index is 3.24. The molecule has 0 aliphatic heterocycles. The molecule has 78 valence electrons. The molecule has 0 saturated heterocycles. The number of rotatable bonds is 3. The number of nitrogen functional groups attached to an aromatic ring is 1. The van der Waals surface area contributed by atoms with Gasteiger partial charge in [-0.3, -0.25) is 0 Å². The van der Waals surface area contributed by atoms with E-state index in [4.69, 9.17) is 5.73 Å². The minimum Gasteiger partial charge on any atom is -0.399 e. The second-order valence-corrected chi connectivity index (χ2v) is 3.71. The Morgan fingerprint density at radius 2 is 1.93 bits per heavy atom. The molecule has 0 aliphatic rings. The number of aryl methyl sites for hydroxylation is 2. The highest BCUT2D eigenvalue weighted by Gasteiger charge is 2.08. The molecule has 0 atom stereocenters. The highest BCUT2D eigenvalue weighted by Crippen LogP contribution is 2.27. The lowest BCUT2D eigenvalue weighted by Crippen LogP contribution is -2.19. The maximum atomic E-state index is 5.83. The van der Waals surface area contributed by atoms with E-state index < -0.39 is 0 Å². The van der Waals surface area contributed by atoms with Crippen LogP contribution in [-0.2, 0) is 6.42 Å². The predicted molar refractivity (Wildman–Crippen MR) is 63.9 cm³/mol. The minimum absolute atomic E-state index is 0.868. The molecule has 0 bridgehead atoms. The standard InChI is InChI=1S/C12H20N2/c1-5-10-8-11(13)7-9(3)12(10)14(4)6-2/h7-8H,5-6,13H2,1-4H3. The van der Waals surface area contributed by atoms with Gasteiger partial charge in [0.05, 0.1) is 0 Å². The first-order valence-electron chi connectivity index (χ1n) is 5.20. The molecule has 1 rings (SSSR count). The van der Waals surface area contributed by atoms with E-state index in [0.717, 1.165) is 18.7 Å². The molecule has 2 heteroatoms. The Morgan fingerprint density at radius 1 is 1.29 bits per heavy atom. The average Bonchev–Trinajstić information content (AvgIpc) is 2.15. The van der Waals surface area contributed by atoms with Crippen LogP contribution in [0.15, 0.2) is 12.1 Å². The first-order valence-corrected chi connectivity index (χ1v) is 5.20. The number of anilines is 2. The predicted octanol–water partition coefficient (Wildman–Crippen LogP) is 2.60. The Labute approximate surface area is 86.7 Å². The fourth-order valence-electron chi connectivity index (χ4n) is 1.86. The molecule has 1 aromatic carbocycles. The molecule has 2 nitrogen and oxygen atoms in total. The van der Waals surface area contributed by atoms with Gasteiger partial charge < -0.3 is 10.6 Å². The number of nitrogens with two attached hydrogens (primary N) is 1. The second kappa shape index (κ2) is 4.36. The van der Waals surface area contributed by atoms with Crippen LogP contribution in [0.25, 0.3) is 0 Å². The quantitative estimate of drug-likeness (QED) is 0.746. The van der Waals surface area contributed by atoms with Crippen LogP contribution in [0, 0.1) is 6.92 Å². The summed E-state index contributed by atoms with van der Waals surface area (Å²) in [5.41, 5.74) is 10.6. The maximum Gasteiger partial charge on any atom is 0.0427 e. The molecule has 0 aliphatic carbocycles. The largest absolute Gasteiger partial charge is 0.399 e. The third-order valence-electron chi connectivity index (χ3n) is 2.64. The lowest BCUT2D eigenvalue weighted by atomic mass is 10.0. The van der Waals surface area contributed by atoms with Crippen LogP contribution >= 0.6 is 0 Å². The van der Waals surface area contributed by atoms with E-state index in [-0.39, 0.29) is 0 Å². The Kier molecular flexibility index (Phi) is 3.39. The number of hydrogen-bond acceptors (Lipinski definition) is 2. The van der Waals surface area contributed by atoms with Crippen LogP contribution in [0.2, 0.25) is 0 Å². The van der Waals surface area contributed by atoms with Gasteiger partial charge >= 0.3 is 0 Å². The molecule has 0 radical (unpaired) electrons. The molecular formula is C12H20N2. The van der Waals surface area contributed by atoms with Crippen LogP contribution < -0.4 is 10.6 Å². The van der Waals surface area contributed by atoms with Crippen molar-refractivity contribution in [1.29, 1.82) is 0 Å². The smallest absolute Gasteiger partial charge is 0.0427 e. The lowest BCUT2D eigenvalue weighted by molar-refractivity contribution is 0.941. The monoisotopic (exact) mass is 192 g/mol. The van der Waals surface area contributed by atoms with Crippen molar-refractivity contribution in [3.8, 4) is 0 Å². The summed E-state index contributed by atoms with van der Waals surface area (Å²) in [6.45, 7) is 7.48.